The third-order valence-corrected chi connectivity index (χ3v) is 18.0. The van der Waals surface area contributed by atoms with Gasteiger partial charge in [0.05, 0.1) is 26.4 Å². The molecule has 3 N–H and O–H groups in total. The van der Waals surface area contributed by atoms with Crippen LogP contribution in [0.4, 0.5) is 0 Å². The fraction of sp³-hybridized carbons (Fsp3) is 0.943. The molecule has 0 bridgehead atoms. The van der Waals surface area contributed by atoms with E-state index in [0.717, 1.165) is 103 Å². The normalized spacial score (nSPS) is 14.2. The van der Waals surface area contributed by atoms with E-state index in [-0.39, 0.29) is 25.7 Å². The van der Waals surface area contributed by atoms with Gasteiger partial charge in [-0.25, -0.2) is 9.13 Å². The zero-order valence-electron chi connectivity index (χ0n) is 57.9. The van der Waals surface area contributed by atoms with Crippen LogP contribution in [0.15, 0.2) is 0 Å². The lowest BCUT2D eigenvalue weighted by Crippen LogP contribution is -2.30. The number of phosphoric acid groups is 2. The molecule has 0 aromatic carbocycles. The molecule has 19 heteroatoms. The maximum Gasteiger partial charge on any atom is 0.472 e. The fourth-order valence-corrected chi connectivity index (χ4v) is 12.1. The number of hydrogen-bond acceptors (Lipinski definition) is 15. The second-order valence-electron chi connectivity index (χ2n) is 26.7. The summed E-state index contributed by atoms with van der Waals surface area (Å²) >= 11 is 0. The number of hydrogen-bond donors (Lipinski definition) is 3. The second kappa shape index (κ2) is 61.0. The van der Waals surface area contributed by atoms with Crippen LogP contribution in [0.3, 0.4) is 0 Å². The van der Waals surface area contributed by atoms with Gasteiger partial charge in [-0.1, -0.05) is 299 Å². The SMILES string of the molecule is CCCCCCCCCCCCCCCCCCCCCCC(=O)O[C@H](COC(=O)CCCCCCCCCC(C)C)COP(=O)(O)OC[C@@H](O)COP(=O)(O)OC[C@@H](COC(=O)CCCCCCCCC(C)C)OC(=O)CCCCCCCCCC(C)C. The van der Waals surface area contributed by atoms with Crippen LogP contribution in [0.2, 0.25) is 0 Å². The average molecular weight is 1310 g/mol. The minimum atomic E-state index is -4.95. The molecule has 2 unspecified atom stereocenters. The number of aliphatic hydroxyl groups excluding tert-OH is 1. The Morgan fingerprint density at radius 2 is 0.517 bits per heavy atom. The highest BCUT2D eigenvalue weighted by atomic mass is 31.2. The number of carbonyl (C=O) groups excluding carboxylic acids is 4. The second-order valence-corrected chi connectivity index (χ2v) is 29.6. The molecule has 0 aliphatic heterocycles. The van der Waals surface area contributed by atoms with E-state index in [1.807, 2.05) is 0 Å². The van der Waals surface area contributed by atoms with Crippen molar-refractivity contribution in [3.63, 3.8) is 0 Å². The summed E-state index contributed by atoms with van der Waals surface area (Å²) in [5.41, 5.74) is 0. The summed E-state index contributed by atoms with van der Waals surface area (Å²) in [4.78, 5) is 72.4. The third-order valence-electron chi connectivity index (χ3n) is 16.1. The summed E-state index contributed by atoms with van der Waals surface area (Å²) in [7, 11) is -9.90. The first-order valence-electron chi connectivity index (χ1n) is 36.3. The Morgan fingerprint density at radius 1 is 0.303 bits per heavy atom. The van der Waals surface area contributed by atoms with Crippen LogP contribution < -0.4 is 0 Å². The molecule has 0 radical (unpaired) electrons. The number of ether oxygens (including phenoxy) is 4. The zero-order chi connectivity index (χ0) is 65.9. The molecule has 0 saturated heterocycles. The smallest absolute Gasteiger partial charge is 0.462 e. The molecule has 0 aromatic rings. The lowest BCUT2D eigenvalue weighted by molar-refractivity contribution is -0.161. The quantitative estimate of drug-likeness (QED) is 0.0222. The highest BCUT2D eigenvalue weighted by molar-refractivity contribution is 7.47. The first kappa shape index (κ1) is 87.1. The summed E-state index contributed by atoms with van der Waals surface area (Å²) in [6.45, 7) is 11.6. The predicted octanol–water partition coefficient (Wildman–Crippen LogP) is 19.8. The van der Waals surface area contributed by atoms with Crippen molar-refractivity contribution in [1.29, 1.82) is 0 Å². The number of carbonyl (C=O) groups is 4. The van der Waals surface area contributed by atoms with E-state index in [0.29, 0.717) is 43.4 Å². The molecular formula is C70H136O17P2. The number of esters is 4. The van der Waals surface area contributed by atoms with Crippen LogP contribution in [-0.2, 0) is 65.4 Å². The minimum absolute atomic E-state index is 0.102. The van der Waals surface area contributed by atoms with Crippen molar-refractivity contribution < 1.29 is 80.2 Å². The van der Waals surface area contributed by atoms with Crippen LogP contribution in [0.5, 0.6) is 0 Å². The van der Waals surface area contributed by atoms with Crippen LogP contribution in [0.1, 0.15) is 350 Å². The van der Waals surface area contributed by atoms with Gasteiger partial charge in [0.25, 0.3) is 0 Å². The van der Waals surface area contributed by atoms with Crippen LogP contribution >= 0.6 is 15.6 Å². The molecule has 0 rings (SSSR count). The van der Waals surface area contributed by atoms with Crippen molar-refractivity contribution in [3.8, 4) is 0 Å². The Balaban J connectivity index is 5.16. The van der Waals surface area contributed by atoms with Crippen molar-refractivity contribution in [2.24, 2.45) is 17.8 Å². The first-order valence-corrected chi connectivity index (χ1v) is 39.3. The molecule has 5 atom stereocenters. The topological polar surface area (TPSA) is 237 Å². The Bertz CT molecular complexity index is 1750. The Kier molecular flexibility index (Phi) is 59.6. The Morgan fingerprint density at radius 3 is 0.764 bits per heavy atom. The summed E-state index contributed by atoms with van der Waals surface area (Å²) < 4.78 is 68.2. The standard InChI is InChI=1S/C70H136O17P2/c1-8-9-10-11-12-13-14-15-16-17-18-19-20-21-22-23-24-29-39-46-53-69(74)86-65(57-80-67(72)51-44-37-30-25-27-34-41-48-61(2)3)59-84-88(76,77)82-55-64(71)56-83-89(78,79)85-60-66(58-81-68(73)52-45-38-33-32-36-43-50-63(6)7)87-70(75)54-47-40-31-26-28-35-42-49-62(4)5/h61-66,71H,8-60H2,1-7H3,(H,76,77)(H,78,79)/t64-,65-,66-/m1/s1. The number of phosphoric ester groups is 2. The Hall–Kier alpha value is -1.94. The van der Waals surface area contributed by atoms with Crippen molar-refractivity contribution >= 4 is 39.5 Å². The largest absolute Gasteiger partial charge is 0.472 e. The van der Waals surface area contributed by atoms with E-state index in [4.69, 9.17) is 37.0 Å². The molecule has 0 fully saturated rings. The van der Waals surface area contributed by atoms with Gasteiger partial charge in [-0.2, -0.15) is 0 Å². The van der Waals surface area contributed by atoms with Crippen molar-refractivity contribution in [2.45, 2.75) is 369 Å². The van der Waals surface area contributed by atoms with E-state index < -0.39 is 97.5 Å². The van der Waals surface area contributed by atoms with Crippen LogP contribution in [0.25, 0.3) is 0 Å². The molecule has 17 nitrogen and oxygen atoms in total. The monoisotopic (exact) mass is 1310 g/mol. The summed E-state index contributed by atoms with van der Waals surface area (Å²) in [5.74, 6) is -0.0535. The van der Waals surface area contributed by atoms with E-state index in [1.165, 1.54) is 148 Å². The maximum absolute atomic E-state index is 13.0. The van der Waals surface area contributed by atoms with Gasteiger partial charge in [0.15, 0.2) is 12.2 Å². The van der Waals surface area contributed by atoms with E-state index in [1.54, 1.807) is 0 Å². The van der Waals surface area contributed by atoms with Gasteiger partial charge in [-0.05, 0) is 43.4 Å². The zero-order valence-corrected chi connectivity index (χ0v) is 59.7. The molecule has 89 heavy (non-hydrogen) atoms. The van der Waals surface area contributed by atoms with E-state index >= 15 is 0 Å². The predicted molar refractivity (Wildman–Crippen MR) is 358 cm³/mol. The molecule has 0 aliphatic rings. The van der Waals surface area contributed by atoms with Crippen molar-refractivity contribution in [2.75, 3.05) is 39.6 Å². The molecular weight excluding hydrogens is 1170 g/mol. The molecule has 0 spiro atoms. The lowest BCUT2D eigenvalue weighted by atomic mass is 10.0. The van der Waals surface area contributed by atoms with Gasteiger partial charge in [0, 0.05) is 25.7 Å². The summed E-state index contributed by atoms with van der Waals surface area (Å²) in [6, 6.07) is 0. The molecule has 0 aliphatic carbocycles. The minimum Gasteiger partial charge on any atom is -0.462 e. The van der Waals surface area contributed by atoms with Gasteiger partial charge in [-0.15, -0.1) is 0 Å². The van der Waals surface area contributed by atoms with Crippen LogP contribution in [0, 0.1) is 17.8 Å². The van der Waals surface area contributed by atoms with Crippen molar-refractivity contribution in [1.82, 2.24) is 0 Å². The highest BCUT2D eigenvalue weighted by Gasteiger charge is 2.30. The lowest BCUT2D eigenvalue weighted by Gasteiger charge is -2.21. The summed E-state index contributed by atoms with van der Waals surface area (Å²) in [5, 5.41) is 10.6. The number of rotatable bonds is 68. The molecule has 0 aromatic heterocycles. The highest BCUT2D eigenvalue weighted by Crippen LogP contribution is 2.45. The molecule has 0 heterocycles. The maximum atomic E-state index is 13.0. The average Bonchev–Trinajstić information content (AvgIpc) is 3.52. The van der Waals surface area contributed by atoms with Gasteiger partial charge in [0.1, 0.15) is 19.3 Å². The van der Waals surface area contributed by atoms with Gasteiger partial charge in [-0.3, -0.25) is 37.3 Å². The van der Waals surface area contributed by atoms with E-state index in [2.05, 4.69) is 48.5 Å². The number of unbranched alkanes of at least 4 members (excludes halogenated alkanes) is 36. The van der Waals surface area contributed by atoms with Gasteiger partial charge in [0.2, 0.25) is 0 Å². The molecule has 528 valence electrons. The fourth-order valence-electron chi connectivity index (χ4n) is 10.5. The molecule has 0 amide bonds. The molecule has 0 saturated carbocycles. The summed E-state index contributed by atoms with van der Waals surface area (Å²) in [6.07, 6.45) is 45.0. The Labute approximate surface area is 543 Å². The van der Waals surface area contributed by atoms with Gasteiger partial charge < -0.3 is 33.8 Å². The first-order chi connectivity index (χ1) is 42.7. The van der Waals surface area contributed by atoms with Crippen LogP contribution in [-0.4, -0.2) is 96.7 Å². The third kappa shape index (κ3) is 64.6. The van der Waals surface area contributed by atoms with Gasteiger partial charge >= 0.3 is 39.5 Å². The van der Waals surface area contributed by atoms with Crippen molar-refractivity contribution in [3.05, 3.63) is 0 Å². The van der Waals surface area contributed by atoms with E-state index in [9.17, 15) is 43.2 Å². The number of aliphatic hydroxyl groups is 1.